The highest BCUT2D eigenvalue weighted by Gasteiger charge is 2.10. The zero-order chi connectivity index (χ0) is 22.0. The van der Waals surface area contributed by atoms with Gasteiger partial charge in [0.25, 0.3) is 0 Å². The van der Waals surface area contributed by atoms with E-state index in [4.69, 9.17) is 4.74 Å². The Hall–Kier alpha value is -1.95. The van der Waals surface area contributed by atoms with E-state index in [2.05, 4.69) is 15.6 Å². The summed E-state index contributed by atoms with van der Waals surface area (Å²) in [5, 5.41) is 6.25. The molecule has 2 aromatic carbocycles. The lowest BCUT2D eigenvalue weighted by Crippen LogP contribution is -2.38. The fourth-order valence-corrected chi connectivity index (χ4v) is 3.52. The lowest BCUT2D eigenvalue weighted by atomic mass is 10.1. The predicted octanol–water partition coefficient (Wildman–Crippen LogP) is 3.65. The Balaban J connectivity index is 0.00000480. The van der Waals surface area contributed by atoms with Crippen LogP contribution in [0.1, 0.15) is 24.5 Å². The SMILES string of the molecule is CCNC(=NCc1cc(F)ccc1CS(C)(=O)=O)NCCCOc1ccc(F)cc1.I. The standard InChI is InChI=1S/C21H27F2N3O3S.HI/c1-3-24-21(25-11-4-12-29-20-9-7-18(22)8-10-20)26-14-17-13-19(23)6-5-16(17)15-30(2,27)28;/h5-10,13H,3-4,11-12,14-15H2,1-2H3,(H2,24,25,26);1H. The van der Waals surface area contributed by atoms with Crippen LogP contribution in [-0.4, -0.2) is 40.3 Å². The van der Waals surface area contributed by atoms with E-state index < -0.39 is 15.7 Å². The summed E-state index contributed by atoms with van der Waals surface area (Å²) in [7, 11) is -3.24. The van der Waals surface area contributed by atoms with Gasteiger partial charge in [0.1, 0.15) is 17.4 Å². The average molecular weight is 567 g/mol. The van der Waals surface area contributed by atoms with E-state index in [9.17, 15) is 17.2 Å². The van der Waals surface area contributed by atoms with Crippen LogP contribution in [0.25, 0.3) is 0 Å². The van der Waals surface area contributed by atoms with Gasteiger partial charge in [0.15, 0.2) is 15.8 Å². The molecule has 2 rings (SSSR count). The number of nitrogens with one attached hydrogen (secondary N) is 2. The van der Waals surface area contributed by atoms with Crippen LogP contribution in [0.2, 0.25) is 0 Å². The molecule has 0 aliphatic carbocycles. The third-order valence-electron chi connectivity index (χ3n) is 4.03. The van der Waals surface area contributed by atoms with Crippen molar-refractivity contribution in [1.82, 2.24) is 10.6 Å². The molecule has 6 nitrogen and oxygen atoms in total. The van der Waals surface area contributed by atoms with E-state index in [0.29, 0.717) is 49.0 Å². The predicted molar refractivity (Wildman–Crippen MR) is 130 cm³/mol. The van der Waals surface area contributed by atoms with Crippen molar-refractivity contribution in [3.05, 3.63) is 65.2 Å². The van der Waals surface area contributed by atoms with Crippen molar-refractivity contribution in [3.63, 3.8) is 0 Å². The molecule has 31 heavy (non-hydrogen) atoms. The third-order valence-corrected chi connectivity index (χ3v) is 4.87. The van der Waals surface area contributed by atoms with E-state index in [1.54, 1.807) is 12.1 Å². The van der Waals surface area contributed by atoms with Gasteiger partial charge in [0, 0.05) is 19.3 Å². The van der Waals surface area contributed by atoms with Crippen LogP contribution >= 0.6 is 24.0 Å². The highest BCUT2D eigenvalue weighted by molar-refractivity contribution is 14.0. The topological polar surface area (TPSA) is 79.8 Å². The second kappa shape index (κ2) is 13.5. The zero-order valence-corrected chi connectivity index (χ0v) is 20.7. The lowest BCUT2D eigenvalue weighted by Gasteiger charge is -2.13. The van der Waals surface area contributed by atoms with Crippen LogP contribution in [0, 0.1) is 11.6 Å². The highest BCUT2D eigenvalue weighted by Crippen LogP contribution is 2.15. The molecule has 2 aromatic rings. The van der Waals surface area contributed by atoms with Crippen molar-refractivity contribution in [1.29, 1.82) is 0 Å². The Kier molecular flexibility index (Phi) is 11.8. The van der Waals surface area contributed by atoms with Crippen molar-refractivity contribution >= 4 is 39.8 Å². The van der Waals surface area contributed by atoms with Gasteiger partial charge < -0.3 is 15.4 Å². The van der Waals surface area contributed by atoms with Gasteiger partial charge in [0.2, 0.25) is 0 Å². The van der Waals surface area contributed by atoms with E-state index in [1.807, 2.05) is 6.92 Å². The number of halogens is 3. The number of hydrogen-bond acceptors (Lipinski definition) is 4. The largest absolute Gasteiger partial charge is 0.494 e. The first-order valence-corrected chi connectivity index (χ1v) is 11.7. The minimum atomic E-state index is -3.24. The van der Waals surface area contributed by atoms with Crippen molar-refractivity contribution < 1.29 is 21.9 Å². The summed E-state index contributed by atoms with van der Waals surface area (Å²) in [5.74, 6) is 0.222. The molecule has 10 heteroatoms. The van der Waals surface area contributed by atoms with Crippen LogP contribution in [0.4, 0.5) is 8.78 Å². The molecular formula is C21H28F2IN3O3S. The number of aliphatic imine (C=N–C) groups is 1. The Morgan fingerprint density at radius 1 is 1.03 bits per heavy atom. The van der Waals surface area contributed by atoms with Gasteiger partial charge in [-0.25, -0.2) is 22.2 Å². The van der Waals surface area contributed by atoms with Gasteiger partial charge in [0.05, 0.1) is 18.9 Å². The quantitative estimate of drug-likeness (QED) is 0.199. The Labute approximate surface area is 199 Å². The summed E-state index contributed by atoms with van der Waals surface area (Å²) in [6.45, 7) is 3.72. The second-order valence-corrected chi connectivity index (χ2v) is 8.90. The van der Waals surface area contributed by atoms with Crippen LogP contribution in [-0.2, 0) is 22.1 Å². The number of nitrogens with zero attached hydrogens (tertiary/aromatic N) is 1. The van der Waals surface area contributed by atoms with Gasteiger partial charge in [-0.15, -0.1) is 24.0 Å². The molecule has 0 aromatic heterocycles. The number of rotatable bonds is 10. The van der Waals surface area contributed by atoms with Gasteiger partial charge in [-0.3, -0.25) is 0 Å². The molecule has 0 radical (unpaired) electrons. The zero-order valence-electron chi connectivity index (χ0n) is 17.5. The summed E-state index contributed by atoms with van der Waals surface area (Å²) >= 11 is 0. The summed E-state index contributed by atoms with van der Waals surface area (Å²) in [6.07, 6.45) is 1.82. The van der Waals surface area contributed by atoms with Crippen molar-refractivity contribution in [2.24, 2.45) is 4.99 Å². The van der Waals surface area contributed by atoms with E-state index >= 15 is 0 Å². The minimum Gasteiger partial charge on any atom is -0.494 e. The minimum absolute atomic E-state index is 0. The summed E-state index contributed by atoms with van der Waals surface area (Å²) in [6, 6.07) is 9.86. The molecule has 0 heterocycles. The van der Waals surface area contributed by atoms with Gasteiger partial charge in [-0.1, -0.05) is 6.07 Å². The normalized spacial score (nSPS) is 11.5. The first-order valence-electron chi connectivity index (χ1n) is 9.62. The third kappa shape index (κ3) is 10.8. The highest BCUT2D eigenvalue weighted by atomic mass is 127. The monoisotopic (exact) mass is 567 g/mol. The van der Waals surface area contributed by atoms with Gasteiger partial charge in [-0.05, 0) is 60.9 Å². The Bertz CT molecular complexity index is 955. The second-order valence-electron chi connectivity index (χ2n) is 6.76. The molecule has 0 spiro atoms. The molecule has 0 aliphatic rings. The average Bonchev–Trinajstić information content (AvgIpc) is 2.68. The molecule has 2 N–H and O–H groups in total. The molecule has 0 unspecified atom stereocenters. The Morgan fingerprint density at radius 2 is 1.71 bits per heavy atom. The van der Waals surface area contributed by atoms with E-state index in [1.165, 1.54) is 30.3 Å². The molecule has 0 saturated heterocycles. The van der Waals surface area contributed by atoms with Crippen molar-refractivity contribution in [2.75, 3.05) is 26.0 Å². The summed E-state index contributed by atoms with van der Waals surface area (Å²) < 4.78 is 55.3. The maximum atomic E-state index is 13.6. The van der Waals surface area contributed by atoms with Crippen LogP contribution in [0.3, 0.4) is 0 Å². The van der Waals surface area contributed by atoms with E-state index in [0.717, 1.165) is 6.26 Å². The molecule has 0 saturated carbocycles. The maximum absolute atomic E-state index is 13.6. The molecule has 0 bridgehead atoms. The summed E-state index contributed by atoms with van der Waals surface area (Å²) in [5.41, 5.74) is 1.06. The number of ether oxygens (including phenoxy) is 1. The first kappa shape index (κ1) is 27.1. The Morgan fingerprint density at radius 3 is 2.35 bits per heavy atom. The molecule has 172 valence electrons. The maximum Gasteiger partial charge on any atom is 0.191 e. The first-order chi connectivity index (χ1) is 14.3. The fourth-order valence-electron chi connectivity index (χ4n) is 2.67. The molecule has 0 atom stereocenters. The smallest absolute Gasteiger partial charge is 0.191 e. The van der Waals surface area contributed by atoms with E-state index in [-0.39, 0.29) is 42.1 Å². The fraction of sp³-hybridized carbons (Fsp3) is 0.381. The molecule has 0 aliphatic heterocycles. The number of sulfone groups is 1. The van der Waals surface area contributed by atoms with Crippen molar-refractivity contribution in [2.45, 2.75) is 25.6 Å². The van der Waals surface area contributed by atoms with Crippen LogP contribution in [0.5, 0.6) is 5.75 Å². The lowest BCUT2D eigenvalue weighted by molar-refractivity contribution is 0.310. The molecule has 0 amide bonds. The van der Waals surface area contributed by atoms with Crippen LogP contribution < -0.4 is 15.4 Å². The molecular weight excluding hydrogens is 539 g/mol. The van der Waals surface area contributed by atoms with Gasteiger partial charge >= 0.3 is 0 Å². The number of guanidine groups is 1. The van der Waals surface area contributed by atoms with Crippen LogP contribution in [0.15, 0.2) is 47.5 Å². The molecule has 0 fully saturated rings. The number of benzene rings is 2. The summed E-state index contributed by atoms with van der Waals surface area (Å²) in [4.78, 5) is 4.43. The van der Waals surface area contributed by atoms with Gasteiger partial charge in [-0.2, -0.15) is 0 Å². The number of hydrogen-bond donors (Lipinski definition) is 2. The van der Waals surface area contributed by atoms with Crippen molar-refractivity contribution in [3.8, 4) is 5.75 Å².